The van der Waals surface area contributed by atoms with Crippen molar-refractivity contribution in [3.63, 3.8) is 0 Å². The van der Waals surface area contributed by atoms with Gasteiger partial charge in [-0.25, -0.2) is 9.48 Å². The Morgan fingerprint density at radius 1 is 1.25 bits per heavy atom. The van der Waals surface area contributed by atoms with Gasteiger partial charge in [-0.05, 0) is 36.4 Å². The summed E-state index contributed by atoms with van der Waals surface area (Å²) in [5, 5.41) is 13.8. The zero-order chi connectivity index (χ0) is 14.1. The van der Waals surface area contributed by atoms with Crippen LogP contribution in [-0.2, 0) is 0 Å². The second-order valence-electron chi connectivity index (χ2n) is 4.09. The van der Waals surface area contributed by atoms with Crippen molar-refractivity contribution in [3.8, 4) is 17.1 Å². The van der Waals surface area contributed by atoms with Gasteiger partial charge in [-0.2, -0.15) is 5.10 Å². The fourth-order valence-corrected chi connectivity index (χ4v) is 1.99. The van der Waals surface area contributed by atoms with Gasteiger partial charge in [0.15, 0.2) is 11.5 Å². The molecule has 1 aromatic carbocycles. The Kier molecular flexibility index (Phi) is 3.04. The molecule has 0 unspecified atom stereocenters. The predicted molar refractivity (Wildman–Crippen MR) is 73.2 cm³/mol. The fourth-order valence-electron chi connectivity index (χ4n) is 1.86. The lowest BCUT2D eigenvalue weighted by Gasteiger charge is -2.05. The average molecular weight is 289 g/mol. The Bertz CT molecular complexity index is 745. The molecule has 0 aliphatic carbocycles. The number of carbonyl (C=O) groups is 1. The summed E-state index contributed by atoms with van der Waals surface area (Å²) in [6.07, 6.45) is 1.52. The molecule has 0 amide bonds. The average Bonchev–Trinajstić information content (AvgIpc) is 3.08. The first-order chi connectivity index (χ1) is 9.65. The van der Waals surface area contributed by atoms with E-state index in [1.807, 2.05) is 0 Å². The third-order valence-electron chi connectivity index (χ3n) is 2.77. The first kappa shape index (κ1) is 12.5. The standard InChI is InChI=1S/C14H9ClN2O3/c15-9-3-5-10(6-4-9)17-12(13-2-1-7-20-13)8-11(16-17)14(18)19/h1-8H,(H,18,19). The highest BCUT2D eigenvalue weighted by molar-refractivity contribution is 6.30. The number of nitrogens with zero attached hydrogens (tertiary/aromatic N) is 2. The van der Waals surface area contributed by atoms with Crippen molar-refractivity contribution in [2.45, 2.75) is 0 Å². The summed E-state index contributed by atoms with van der Waals surface area (Å²) in [4.78, 5) is 11.1. The largest absolute Gasteiger partial charge is 0.476 e. The number of rotatable bonds is 3. The molecule has 100 valence electrons. The number of hydrogen-bond acceptors (Lipinski definition) is 3. The lowest BCUT2D eigenvalue weighted by atomic mass is 10.2. The first-order valence-corrected chi connectivity index (χ1v) is 6.16. The maximum atomic E-state index is 11.1. The second-order valence-corrected chi connectivity index (χ2v) is 4.52. The van der Waals surface area contributed by atoms with E-state index >= 15 is 0 Å². The van der Waals surface area contributed by atoms with Crippen molar-refractivity contribution < 1.29 is 14.3 Å². The Morgan fingerprint density at radius 2 is 2.00 bits per heavy atom. The molecular formula is C14H9ClN2O3. The van der Waals surface area contributed by atoms with Crippen LogP contribution in [0, 0.1) is 0 Å². The number of carboxylic acid groups (broad SMARTS) is 1. The van der Waals surface area contributed by atoms with E-state index in [1.165, 1.54) is 17.0 Å². The molecule has 3 aromatic rings. The lowest BCUT2D eigenvalue weighted by Crippen LogP contribution is -2.02. The van der Waals surface area contributed by atoms with Crippen molar-refractivity contribution in [1.82, 2.24) is 9.78 Å². The van der Waals surface area contributed by atoms with Gasteiger partial charge in [0.05, 0.1) is 12.0 Å². The molecular weight excluding hydrogens is 280 g/mol. The molecule has 0 atom stereocenters. The fraction of sp³-hybridized carbons (Fsp3) is 0. The minimum Gasteiger partial charge on any atom is -0.476 e. The van der Waals surface area contributed by atoms with E-state index in [0.29, 0.717) is 22.2 Å². The molecule has 0 aliphatic rings. The molecule has 0 fully saturated rings. The molecule has 3 rings (SSSR count). The topological polar surface area (TPSA) is 68.3 Å². The Hall–Kier alpha value is -2.53. The van der Waals surface area contributed by atoms with Gasteiger partial charge >= 0.3 is 5.97 Å². The Labute approximate surface area is 119 Å². The minimum absolute atomic E-state index is 0.0497. The monoisotopic (exact) mass is 288 g/mol. The van der Waals surface area contributed by atoms with Crippen LogP contribution in [0.15, 0.2) is 53.1 Å². The van der Waals surface area contributed by atoms with Crippen molar-refractivity contribution in [2.75, 3.05) is 0 Å². The van der Waals surface area contributed by atoms with Crippen molar-refractivity contribution in [3.05, 3.63) is 59.4 Å². The Balaban J connectivity index is 2.18. The zero-order valence-corrected chi connectivity index (χ0v) is 10.9. The molecule has 2 heterocycles. The lowest BCUT2D eigenvalue weighted by molar-refractivity contribution is 0.0690. The molecule has 1 N–H and O–H groups in total. The molecule has 20 heavy (non-hydrogen) atoms. The number of benzene rings is 1. The van der Waals surface area contributed by atoms with E-state index in [1.54, 1.807) is 36.4 Å². The molecule has 0 bridgehead atoms. The SMILES string of the molecule is O=C(O)c1cc(-c2ccco2)n(-c2ccc(Cl)cc2)n1. The first-order valence-electron chi connectivity index (χ1n) is 5.78. The zero-order valence-electron chi connectivity index (χ0n) is 10.2. The molecule has 0 spiro atoms. The highest BCUT2D eigenvalue weighted by atomic mass is 35.5. The van der Waals surface area contributed by atoms with Crippen molar-refractivity contribution >= 4 is 17.6 Å². The van der Waals surface area contributed by atoms with E-state index < -0.39 is 5.97 Å². The summed E-state index contributed by atoms with van der Waals surface area (Å²) in [7, 11) is 0. The van der Waals surface area contributed by atoms with Crippen LogP contribution in [0.1, 0.15) is 10.5 Å². The van der Waals surface area contributed by atoms with Gasteiger partial charge < -0.3 is 9.52 Å². The van der Waals surface area contributed by atoms with E-state index in [4.69, 9.17) is 21.1 Å². The smallest absolute Gasteiger partial charge is 0.356 e. The maximum Gasteiger partial charge on any atom is 0.356 e. The van der Waals surface area contributed by atoms with Crippen LogP contribution in [0.2, 0.25) is 5.02 Å². The predicted octanol–water partition coefficient (Wildman–Crippen LogP) is 3.48. The number of aromatic nitrogens is 2. The summed E-state index contributed by atoms with van der Waals surface area (Å²) in [5.41, 5.74) is 1.22. The summed E-state index contributed by atoms with van der Waals surface area (Å²) >= 11 is 5.85. The van der Waals surface area contributed by atoms with Crippen LogP contribution in [0.3, 0.4) is 0 Å². The van der Waals surface area contributed by atoms with Crippen LogP contribution < -0.4 is 0 Å². The van der Waals surface area contributed by atoms with E-state index in [0.717, 1.165) is 0 Å². The van der Waals surface area contributed by atoms with Gasteiger partial charge in [0.25, 0.3) is 0 Å². The summed E-state index contributed by atoms with van der Waals surface area (Å²) < 4.78 is 6.83. The van der Waals surface area contributed by atoms with Gasteiger partial charge in [-0.3, -0.25) is 0 Å². The van der Waals surface area contributed by atoms with E-state index in [9.17, 15) is 4.79 Å². The third kappa shape index (κ3) is 2.19. The van der Waals surface area contributed by atoms with E-state index in [-0.39, 0.29) is 5.69 Å². The van der Waals surface area contributed by atoms with Crippen LogP contribution in [0.25, 0.3) is 17.1 Å². The third-order valence-corrected chi connectivity index (χ3v) is 3.03. The second kappa shape index (κ2) is 4.86. The highest BCUT2D eigenvalue weighted by Crippen LogP contribution is 2.25. The van der Waals surface area contributed by atoms with Crippen molar-refractivity contribution in [1.29, 1.82) is 0 Å². The molecule has 0 aliphatic heterocycles. The number of hydrogen-bond donors (Lipinski definition) is 1. The van der Waals surface area contributed by atoms with Crippen LogP contribution >= 0.6 is 11.6 Å². The van der Waals surface area contributed by atoms with Crippen LogP contribution in [0.5, 0.6) is 0 Å². The summed E-state index contributed by atoms with van der Waals surface area (Å²) in [5.74, 6) is -0.550. The summed E-state index contributed by atoms with van der Waals surface area (Å²) in [6.45, 7) is 0. The van der Waals surface area contributed by atoms with Gasteiger partial charge in [-0.1, -0.05) is 11.6 Å². The van der Waals surface area contributed by atoms with Gasteiger partial charge in [0.2, 0.25) is 0 Å². The molecule has 0 saturated heterocycles. The Morgan fingerprint density at radius 3 is 2.60 bits per heavy atom. The number of furan rings is 1. The molecule has 5 nitrogen and oxygen atoms in total. The molecule has 2 aromatic heterocycles. The molecule has 0 saturated carbocycles. The highest BCUT2D eigenvalue weighted by Gasteiger charge is 2.17. The number of carboxylic acids is 1. The maximum absolute atomic E-state index is 11.1. The van der Waals surface area contributed by atoms with Crippen LogP contribution in [0.4, 0.5) is 0 Å². The molecule has 6 heteroatoms. The van der Waals surface area contributed by atoms with Crippen molar-refractivity contribution in [2.24, 2.45) is 0 Å². The van der Waals surface area contributed by atoms with Gasteiger partial charge in [0.1, 0.15) is 5.69 Å². The van der Waals surface area contributed by atoms with Gasteiger partial charge in [-0.15, -0.1) is 0 Å². The minimum atomic E-state index is -1.09. The van der Waals surface area contributed by atoms with Crippen LogP contribution in [-0.4, -0.2) is 20.9 Å². The summed E-state index contributed by atoms with van der Waals surface area (Å²) in [6, 6.07) is 11.9. The van der Waals surface area contributed by atoms with Gasteiger partial charge in [0, 0.05) is 11.1 Å². The number of aromatic carboxylic acids is 1. The quantitative estimate of drug-likeness (QED) is 0.801. The normalized spacial score (nSPS) is 10.7. The number of halogens is 1. The molecule has 0 radical (unpaired) electrons. The van der Waals surface area contributed by atoms with E-state index in [2.05, 4.69) is 5.10 Å².